The van der Waals surface area contributed by atoms with Crippen LogP contribution in [0.3, 0.4) is 0 Å². The van der Waals surface area contributed by atoms with E-state index in [1.807, 2.05) is 32.9 Å². The Hall–Kier alpha value is -1.38. The number of rotatable bonds is 6. The van der Waals surface area contributed by atoms with Gasteiger partial charge in [-0.1, -0.05) is 13.8 Å². The molecule has 16 heavy (non-hydrogen) atoms. The van der Waals surface area contributed by atoms with Crippen LogP contribution in [0.2, 0.25) is 0 Å². The molecule has 1 aromatic rings. The van der Waals surface area contributed by atoms with Crippen LogP contribution in [0, 0.1) is 6.92 Å². The van der Waals surface area contributed by atoms with Gasteiger partial charge in [0, 0.05) is 0 Å². The SMILES string of the molecule is CCCOc1cc(C)cc(OCCC)c1O. The smallest absolute Gasteiger partial charge is 0.200 e. The number of hydrogen-bond donors (Lipinski definition) is 1. The second kappa shape index (κ2) is 6.26. The van der Waals surface area contributed by atoms with Crippen LogP contribution in [-0.2, 0) is 0 Å². The summed E-state index contributed by atoms with van der Waals surface area (Å²) in [6, 6.07) is 3.65. The maximum atomic E-state index is 9.92. The van der Waals surface area contributed by atoms with Crippen LogP contribution < -0.4 is 9.47 Å². The van der Waals surface area contributed by atoms with Gasteiger partial charge in [0.15, 0.2) is 11.5 Å². The zero-order chi connectivity index (χ0) is 12.0. The van der Waals surface area contributed by atoms with E-state index in [0.29, 0.717) is 24.7 Å². The Morgan fingerprint density at radius 1 is 1.00 bits per heavy atom. The summed E-state index contributed by atoms with van der Waals surface area (Å²) in [5, 5.41) is 9.92. The van der Waals surface area contributed by atoms with Gasteiger partial charge in [-0.15, -0.1) is 0 Å². The molecule has 0 atom stereocenters. The maximum absolute atomic E-state index is 9.92. The molecule has 0 amide bonds. The van der Waals surface area contributed by atoms with Crippen molar-refractivity contribution in [1.29, 1.82) is 0 Å². The molecule has 0 aromatic heterocycles. The monoisotopic (exact) mass is 224 g/mol. The molecule has 1 rings (SSSR count). The Balaban J connectivity index is 2.86. The van der Waals surface area contributed by atoms with Crippen molar-refractivity contribution in [3.63, 3.8) is 0 Å². The fourth-order valence-corrected chi connectivity index (χ4v) is 1.36. The van der Waals surface area contributed by atoms with Crippen molar-refractivity contribution in [2.45, 2.75) is 33.6 Å². The lowest BCUT2D eigenvalue weighted by Gasteiger charge is -2.12. The number of hydrogen-bond acceptors (Lipinski definition) is 3. The Bertz CT molecular complexity index is 305. The first-order chi connectivity index (χ1) is 7.69. The highest BCUT2D eigenvalue weighted by Crippen LogP contribution is 2.37. The predicted molar refractivity (Wildman–Crippen MR) is 64.4 cm³/mol. The average molecular weight is 224 g/mol. The molecule has 0 aliphatic carbocycles. The lowest BCUT2D eigenvalue weighted by molar-refractivity contribution is 0.273. The van der Waals surface area contributed by atoms with Crippen LogP contribution in [0.4, 0.5) is 0 Å². The number of ether oxygens (including phenoxy) is 2. The minimum atomic E-state index is 0.104. The number of aromatic hydroxyl groups is 1. The van der Waals surface area contributed by atoms with E-state index in [1.54, 1.807) is 0 Å². The van der Waals surface area contributed by atoms with E-state index >= 15 is 0 Å². The summed E-state index contributed by atoms with van der Waals surface area (Å²) in [4.78, 5) is 0. The molecule has 1 N–H and O–H groups in total. The highest BCUT2D eigenvalue weighted by atomic mass is 16.5. The molecule has 0 saturated carbocycles. The van der Waals surface area contributed by atoms with Crippen LogP contribution in [0.25, 0.3) is 0 Å². The Morgan fingerprint density at radius 2 is 1.44 bits per heavy atom. The molecule has 90 valence electrons. The van der Waals surface area contributed by atoms with Crippen molar-refractivity contribution in [2.24, 2.45) is 0 Å². The number of aryl methyl sites for hydroxylation is 1. The van der Waals surface area contributed by atoms with Crippen LogP contribution in [0.15, 0.2) is 12.1 Å². The van der Waals surface area contributed by atoms with Gasteiger partial charge >= 0.3 is 0 Å². The lowest BCUT2D eigenvalue weighted by atomic mass is 10.2. The predicted octanol–water partition coefficient (Wildman–Crippen LogP) is 3.28. The highest BCUT2D eigenvalue weighted by Gasteiger charge is 2.10. The van der Waals surface area contributed by atoms with Crippen molar-refractivity contribution >= 4 is 0 Å². The zero-order valence-corrected chi connectivity index (χ0v) is 10.2. The molecule has 0 unspecified atom stereocenters. The molecular formula is C13H20O3. The van der Waals surface area contributed by atoms with E-state index in [2.05, 4.69) is 0 Å². The van der Waals surface area contributed by atoms with Gasteiger partial charge < -0.3 is 14.6 Å². The van der Waals surface area contributed by atoms with Crippen molar-refractivity contribution < 1.29 is 14.6 Å². The molecule has 3 heteroatoms. The Kier molecular flexibility index (Phi) is 4.96. The van der Waals surface area contributed by atoms with E-state index in [9.17, 15) is 5.11 Å². The first kappa shape index (κ1) is 12.7. The van der Waals surface area contributed by atoms with E-state index in [0.717, 1.165) is 18.4 Å². The van der Waals surface area contributed by atoms with Crippen LogP contribution in [-0.4, -0.2) is 18.3 Å². The van der Waals surface area contributed by atoms with Crippen LogP contribution in [0.1, 0.15) is 32.3 Å². The van der Waals surface area contributed by atoms with Crippen LogP contribution in [0.5, 0.6) is 17.2 Å². The van der Waals surface area contributed by atoms with Crippen molar-refractivity contribution in [2.75, 3.05) is 13.2 Å². The third kappa shape index (κ3) is 3.33. The first-order valence-electron chi connectivity index (χ1n) is 5.78. The summed E-state index contributed by atoms with van der Waals surface area (Å²) < 4.78 is 10.9. The molecular weight excluding hydrogens is 204 g/mol. The molecule has 0 aliphatic rings. The average Bonchev–Trinajstić information content (AvgIpc) is 2.28. The Morgan fingerprint density at radius 3 is 1.81 bits per heavy atom. The van der Waals surface area contributed by atoms with Gasteiger partial charge in [0.25, 0.3) is 0 Å². The van der Waals surface area contributed by atoms with Crippen molar-refractivity contribution in [3.05, 3.63) is 17.7 Å². The Labute approximate surface area is 97.0 Å². The molecule has 0 fully saturated rings. The summed E-state index contributed by atoms with van der Waals surface area (Å²) in [5.41, 5.74) is 1.02. The number of phenols is 1. The standard InChI is InChI=1S/C13H20O3/c1-4-6-15-11-8-10(3)9-12(13(11)14)16-7-5-2/h8-9,14H,4-7H2,1-3H3. The van der Waals surface area contributed by atoms with Gasteiger partial charge in [-0.05, 0) is 37.5 Å². The topological polar surface area (TPSA) is 38.7 Å². The first-order valence-corrected chi connectivity index (χ1v) is 5.78. The second-order valence-electron chi connectivity index (χ2n) is 3.81. The summed E-state index contributed by atoms with van der Waals surface area (Å²) in [6.07, 6.45) is 1.83. The van der Waals surface area contributed by atoms with Crippen LogP contribution >= 0.6 is 0 Å². The molecule has 1 aromatic carbocycles. The minimum Gasteiger partial charge on any atom is -0.502 e. The molecule has 0 bridgehead atoms. The molecule has 0 spiro atoms. The highest BCUT2D eigenvalue weighted by molar-refractivity contribution is 5.52. The van der Waals surface area contributed by atoms with Gasteiger partial charge in [-0.2, -0.15) is 0 Å². The van der Waals surface area contributed by atoms with E-state index < -0.39 is 0 Å². The normalized spacial score (nSPS) is 10.2. The summed E-state index contributed by atoms with van der Waals surface area (Å²) in [7, 11) is 0. The molecule has 3 nitrogen and oxygen atoms in total. The fraction of sp³-hybridized carbons (Fsp3) is 0.538. The van der Waals surface area contributed by atoms with Gasteiger partial charge in [-0.25, -0.2) is 0 Å². The van der Waals surface area contributed by atoms with Gasteiger partial charge in [-0.3, -0.25) is 0 Å². The van der Waals surface area contributed by atoms with Crippen molar-refractivity contribution in [1.82, 2.24) is 0 Å². The van der Waals surface area contributed by atoms with Crippen molar-refractivity contribution in [3.8, 4) is 17.2 Å². The largest absolute Gasteiger partial charge is 0.502 e. The fourth-order valence-electron chi connectivity index (χ4n) is 1.36. The lowest BCUT2D eigenvalue weighted by Crippen LogP contribution is -1.99. The number of phenolic OH excluding ortho intramolecular Hbond substituents is 1. The molecule has 0 heterocycles. The van der Waals surface area contributed by atoms with Gasteiger partial charge in [0.2, 0.25) is 5.75 Å². The summed E-state index contributed by atoms with van der Waals surface area (Å²) in [5.74, 6) is 1.12. The second-order valence-corrected chi connectivity index (χ2v) is 3.81. The molecule has 0 aliphatic heterocycles. The van der Waals surface area contributed by atoms with E-state index in [1.165, 1.54) is 0 Å². The summed E-state index contributed by atoms with van der Waals surface area (Å²) >= 11 is 0. The molecule has 0 saturated heterocycles. The quantitative estimate of drug-likeness (QED) is 0.806. The summed E-state index contributed by atoms with van der Waals surface area (Å²) in [6.45, 7) is 7.22. The van der Waals surface area contributed by atoms with Gasteiger partial charge in [0.05, 0.1) is 13.2 Å². The van der Waals surface area contributed by atoms with Gasteiger partial charge in [0.1, 0.15) is 0 Å². The third-order valence-corrected chi connectivity index (χ3v) is 2.11. The minimum absolute atomic E-state index is 0.104. The van der Waals surface area contributed by atoms with E-state index in [-0.39, 0.29) is 5.75 Å². The molecule has 0 radical (unpaired) electrons. The van der Waals surface area contributed by atoms with E-state index in [4.69, 9.17) is 9.47 Å². The zero-order valence-electron chi connectivity index (χ0n) is 10.2. The number of benzene rings is 1. The maximum Gasteiger partial charge on any atom is 0.200 e. The third-order valence-electron chi connectivity index (χ3n) is 2.11.